The van der Waals surface area contributed by atoms with Crippen LogP contribution in [-0.2, 0) is 16.1 Å². The minimum absolute atomic E-state index is 0.114. The van der Waals surface area contributed by atoms with Gasteiger partial charge >= 0.3 is 6.03 Å². The highest BCUT2D eigenvalue weighted by molar-refractivity contribution is 9.10. The molecule has 0 atom stereocenters. The second-order valence-electron chi connectivity index (χ2n) is 7.79. The summed E-state index contributed by atoms with van der Waals surface area (Å²) >= 11 is 9.35. The quantitative estimate of drug-likeness (QED) is 0.267. The summed E-state index contributed by atoms with van der Waals surface area (Å²) in [7, 11) is 0. The lowest BCUT2D eigenvalue weighted by Gasteiger charge is -2.26. The molecule has 0 aliphatic carbocycles. The Labute approximate surface area is 208 Å². The van der Waals surface area contributed by atoms with E-state index in [2.05, 4.69) is 21.2 Å². The van der Waals surface area contributed by atoms with Crippen LogP contribution in [-0.4, -0.2) is 22.4 Å². The molecule has 1 aromatic heterocycles. The molecule has 2 heterocycles. The van der Waals surface area contributed by atoms with E-state index in [1.807, 2.05) is 59.3 Å². The van der Waals surface area contributed by atoms with Crippen LogP contribution in [0.15, 0.2) is 89.0 Å². The normalized spacial score (nSPS) is 15.3. The van der Waals surface area contributed by atoms with Gasteiger partial charge in [-0.3, -0.25) is 14.9 Å². The Morgan fingerprint density at radius 3 is 2.35 bits per heavy atom. The minimum atomic E-state index is -0.778. The standard InChI is InChI=1S/C26H17BrClN3O3/c27-18-7-11-20(12-8-18)31-25(33)22(24(32)29-26(31)34)13-17-15-30(23-4-2-1-3-21(17)23)14-16-5-9-19(28)10-6-16/h1-13,15H,14H2,(H,29,32,34)/b22-13+. The maximum absolute atomic E-state index is 13.2. The van der Waals surface area contributed by atoms with Crippen LogP contribution in [0.5, 0.6) is 0 Å². The van der Waals surface area contributed by atoms with E-state index in [1.54, 1.807) is 24.3 Å². The number of para-hydroxylation sites is 1. The zero-order valence-electron chi connectivity index (χ0n) is 17.7. The SMILES string of the molecule is O=C1NC(=O)N(c2ccc(Br)cc2)C(=O)/C1=C/c1cn(Cc2ccc(Cl)cc2)c2ccccc12. The fourth-order valence-electron chi connectivity index (χ4n) is 3.95. The number of carbonyl (C=O) groups is 3. The van der Waals surface area contributed by atoms with E-state index in [4.69, 9.17) is 11.6 Å². The van der Waals surface area contributed by atoms with Crippen LogP contribution in [0, 0.1) is 0 Å². The summed E-state index contributed by atoms with van der Waals surface area (Å²) in [6.45, 7) is 0.588. The Morgan fingerprint density at radius 1 is 0.912 bits per heavy atom. The van der Waals surface area contributed by atoms with Crippen LogP contribution < -0.4 is 10.2 Å². The van der Waals surface area contributed by atoms with E-state index in [9.17, 15) is 14.4 Å². The van der Waals surface area contributed by atoms with Crippen LogP contribution in [0.2, 0.25) is 5.02 Å². The first kappa shape index (κ1) is 22.1. The van der Waals surface area contributed by atoms with Crippen molar-refractivity contribution in [1.29, 1.82) is 0 Å². The fourth-order valence-corrected chi connectivity index (χ4v) is 4.34. The number of barbiturate groups is 1. The van der Waals surface area contributed by atoms with Crippen LogP contribution in [0.3, 0.4) is 0 Å². The van der Waals surface area contributed by atoms with Gasteiger partial charge in [-0.2, -0.15) is 0 Å². The summed E-state index contributed by atoms with van der Waals surface area (Å²) in [5.74, 6) is -1.40. The molecule has 168 valence electrons. The van der Waals surface area contributed by atoms with Crippen LogP contribution in [0.25, 0.3) is 17.0 Å². The Balaban J connectivity index is 1.56. The molecule has 0 saturated carbocycles. The molecule has 4 amide bonds. The summed E-state index contributed by atoms with van der Waals surface area (Å²) in [6.07, 6.45) is 3.43. The summed E-state index contributed by atoms with van der Waals surface area (Å²) in [4.78, 5) is 39.3. The summed E-state index contributed by atoms with van der Waals surface area (Å²) in [6, 6.07) is 21.3. The number of nitrogens with zero attached hydrogens (tertiary/aromatic N) is 2. The maximum Gasteiger partial charge on any atom is 0.335 e. The summed E-state index contributed by atoms with van der Waals surface area (Å²) in [5, 5.41) is 3.82. The van der Waals surface area contributed by atoms with Gasteiger partial charge in [0, 0.05) is 38.7 Å². The van der Waals surface area contributed by atoms with E-state index in [-0.39, 0.29) is 5.57 Å². The van der Waals surface area contributed by atoms with Gasteiger partial charge in [-0.15, -0.1) is 0 Å². The molecule has 1 aliphatic heterocycles. The molecule has 1 aliphatic rings. The van der Waals surface area contributed by atoms with Crippen LogP contribution >= 0.6 is 27.5 Å². The number of anilines is 1. The van der Waals surface area contributed by atoms with Gasteiger partial charge in [0.1, 0.15) is 5.57 Å². The van der Waals surface area contributed by atoms with Crippen molar-refractivity contribution < 1.29 is 14.4 Å². The monoisotopic (exact) mass is 533 g/mol. The molecule has 0 bridgehead atoms. The topological polar surface area (TPSA) is 71.4 Å². The Kier molecular flexibility index (Phi) is 5.81. The Hall–Kier alpha value is -3.68. The molecule has 1 saturated heterocycles. The molecule has 5 rings (SSSR count). The zero-order valence-corrected chi connectivity index (χ0v) is 20.0. The molecule has 4 aromatic rings. The molecule has 1 N–H and O–H groups in total. The molecule has 0 spiro atoms. The minimum Gasteiger partial charge on any atom is -0.342 e. The molecule has 8 heteroatoms. The number of imide groups is 2. The number of carbonyl (C=O) groups excluding carboxylic acids is 3. The van der Waals surface area contributed by atoms with E-state index in [0.29, 0.717) is 22.8 Å². The third-order valence-corrected chi connectivity index (χ3v) is 6.35. The lowest BCUT2D eigenvalue weighted by atomic mass is 10.1. The number of aromatic nitrogens is 1. The van der Waals surface area contributed by atoms with Gasteiger partial charge in [-0.05, 0) is 54.1 Å². The highest BCUT2D eigenvalue weighted by Crippen LogP contribution is 2.28. The van der Waals surface area contributed by atoms with Gasteiger partial charge in [0.2, 0.25) is 0 Å². The number of benzene rings is 3. The lowest BCUT2D eigenvalue weighted by Crippen LogP contribution is -2.54. The molecule has 1 fully saturated rings. The predicted octanol–water partition coefficient (Wildman–Crippen LogP) is 5.77. The van der Waals surface area contributed by atoms with Gasteiger partial charge in [-0.25, -0.2) is 9.69 Å². The predicted molar refractivity (Wildman–Crippen MR) is 136 cm³/mol. The number of hydrogen-bond acceptors (Lipinski definition) is 3. The van der Waals surface area contributed by atoms with Gasteiger partial charge in [0.05, 0.1) is 5.69 Å². The number of urea groups is 1. The average molecular weight is 535 g/mol. The van der Waals surface area contributed by atoms with Gasteiger partial charge in [0.15, 0.2) is 0 Å². The van der Waals surface area contributed by atoms with Gasteiger partial charge < -0.3 is 4.57 Å². The molecule has 6 nitrogen and oxygen atoms in total. The van der Waals surface area contributed by atoms with Crippen molar-refractivity contribution in [1.82, 2.24) is 9.88 Å². The highest BCUT2D eigenvalue weighted by atomic mass is 79.9. The molecular weight excluding hydrogens is 518 g/mol. The zero-order chi connectivity index (χ0) is 23.8. The van der Waals surface area contributed by atoms with E-state index in [0.717, 1.165) is 25.8 Å². The molecule has 0 unspecified atom stereocenters. The molecule has 0 radical (unpaired) electrons. The van der Waals surface area contributed by atoms with Gasteiger partial charge in [-0.1, -0.05) is 57.9 Å². The number of nitrogens with one attached hydrogen (secondary N) is 1. The first-order valence-corrected chi connectivity index (χ1v) is 11.6. The fraction of sp³-hybridized carbons (Fsp3) is 0.0385. The number of hydrogen-bond donors (Lipinski definition) is 1. The number of fused-ring (bicyclic) bond motifs is 1. The molecule has 3 aromatic carbocycles. The van der Waals surface area contributed by atoms with E-state index in [1.165, 1.54) is 6.08 Å². The van der Waals surface area contributed by atoms with Crippen molar-refractivity contribution in [3.05, 3.63) is 105 Å². The Bertz CT molecular complexity index is 1470. The largest absolute Gasteiger partial charge is 0.342 e. The van der Waals surface area contributed by atoms with Crippen molar-refractivity contribution in [3.8, 4) is 0 Å². The van der Waals surface area contributed by atoms with Crippen molar-refractivity contribution in [2.75, 3.05) is 4.90 Å². The lowest BCUT2D eigenvalue weighted by molar-refractivity contribution is -0.122. The van der Waals surface area contributed by atoms with Crippen molar-refractivity contribution in [3.63, 3.8) is 0 Å². The number of halogens is 2. The average Bonchev–Trinajstić information content (AvgIpc) is 3.16. The first-order valence-electron chi connectivity index (χ1n) is 10.4. The third-order valence-electron chi connectivity index (χ3n) is 5.57. The van der Waals surface area contributed by atoms with Crippen LogP contribution in [0.4, 0.5) is 10.5 Å². The Morgan fingerprint density at radius 2 is 1.62 bits per heavy atom. The highest BCUT2D eigenvalue weighted by Gasteiger charge is 2.37. The smallest absolute Gasteiger partial charge is 0.335 e. The van der Waals surface area contributed by atoms with Crippen molar-refractivity contribution >= 4 is 68.0 Å². The number of amides is 4. The second-order valence-corrected chi connectivity index (χ2v) is 9.14. The second kappa shape index (κ2) is 8.93. The number of rotatable bonds is 4. The van der Waals surface area contributed by atoms with E-state index >= 15 is 0 Å². The molecular formula is C26H17BrClN3O3. The van der Waals surface area contributed by atoms with E-state index < -0.39 is 17.8 Å². The molecule has 34 heavy (non-hydrogen) atoms. The van der Waals surface area contributed by atoms with Crippen molar-refractivity contribution in [2.45, 2.75) is 6.54 Å². The van der Waals surface area contributed by atoms with Crippen molar-refractivity contribution in [2.24, 2.45) is 0 Å². The summed E-state index contributed by atoms with van der Waals surface area (Å²) < 4.78 is 2.86. The third kappa shape index (κ3) is 4.16. The maximum atomic E-state index is 13.2. The van der Waals surface area contributed by atoms with Crippen LogP contribution in [0.1, 0.15) is 11.1 Å². The van der Waals surface area contributed by atoms with Gasteiger partial charge in [0.25, 0.3) is 11.8 Å². The summed E-state index contributed by atoms with van der Waals surface area (Å²) in [5.41, 5.74) is 2.97. The first-order chi connectivity index (χ1) is 16.4.